The molecule has 1 aromatic rings. The fourth-order valence-corrected chi connectivity index (χ4v) is 2.87. The molecule has 1 heterocycles. The number of piperidine rings is 1. The van der Waals surface area contributed by atoms with Gasteiger partial charge in [0.1, 0.15) is 5.75 Å². The lowest BCUT2D eigenvalue weighted by Crippen LogP contribution is -2.46. The molecule has 0 spiro atoms. The van der Waals surface area contributed by atoms with E-state index in [-0.39, 0.29) is 12.0 Å². The Morgan fingerprint density at radius 2 is 2.00 bits per heavy atom. The van der Waals surface area contributed by atoms with E-state index < -0.39 is 6.10 Å². The van der Waals surface area contributed by atoms with Gasteiger partial charge in [0, 0.05) is 24.2 Å². The lowest BCUT2D eigenvalue weighted by Gasteiger charge is -2.33. The van der Waals surface area contributed by atoms with Crippen LogP contribution in [-0.4, -0.2) is 49.3 Å². The normalized spacial score (nSPS) is 17.1. The van der Waals surface area contributed by atoms with E-state index >= 15 is 0 Å². The van der Waals surface area contributed by atoms with Crippen LogP contribution in [-0.2, 0) is 9.53 Å². The Kier molecular flexibility index (Phi) is 7.33. The summed E-state index contributed by atoms with van der Waals surface area (Å²) >= 11 is 3.38. The van der Waals surface area contributed by atoms with Gasteiger partial charge in [-0.25, -0.2) is 0 Å². The zero-order valence-electron chi connectivity index (χ0n) is 13.5. The molecule has 1 saturated heterocycles. The highest BCUT2D eigenvalue weighted by Gasteiger charge is 2.27. The molecule has 0 aromatic heterocycles. The van der Waals surface area contributed by atoms with Gasteiger partial charge in [-0.2, -0.15) is 0 Å². The number of ether oxygens (including phenoxy) is 2. The van der Waals surface area contributed by atoms with Crippen LogP contribution in [0.1, 0.15) is 26.2 Å². The largest absolute Gasteiger partial charge is 0.481 e. The standard InChI is InChI=1S/C17H25BrN2O3/c1-13(23-16-5-3-14(18)4-6-16)17(21)20-10-7-15(8-11-20)22-12-2-9-19/h3-6,13,15H,2,7-12,19H2,1H3. The second-order valence-electron chi connectivity index (χ2n) is 5.75. The molecule has 0 saturated carbocycles. The first-order valence-corrected chi connectivity index (χ1v) is 8.92. The summed E-state index contributed by atoms with van der Waals surface area (Å²) in [5, 5.41) is 0. The second-order valence-corrected chi connectivity index (χ2v) is 6.67. The lowest BCUT2D eigenvalue weighted by molar-refractivity contribution is -0.140. The predicted octanol–water partition coefficient (Wildman–Crippen LogP) is 2.57. The van der Waals surface area contributed by atoms with E-state index in [1.807, 2.05) is 29.2 Å². The monoisotopic (exact) mass is 384 g/mol. The number of benzene rings is 1. The van der Waals surface area contributed by atoms with Crippen LogP contribution in [0.4, 0.5) is 0 Å². The molecule has 0 aliphatic carbocycles. The third-order valence-electron chi connectivity index (χ3n) is 3.93. The zero-order valence-corrected chi connectivity index (χ0v) is 15.1. The van der Waals surface area contributed by atoms with Crippen molar-refractivity contribution in [2.75, 3.05) is 26.2 Å². The topological polar surface area (TPSA) is 64.8 Å². The number of nitrogens with two attached hydrogens (primary N) is 1. The first-order valence-electron chi connectivity index (χ1n) is 8.13. The van der Waals surface area contributed by atoms with Crippen LogP contribution in [0.25, 0.3) is 0 Å². The number of nitrogens with zero attached hydrogens (tertiary/aromatic N) is 1. The van der Waals surface area contributed by atoms with Gasteiger partial charge in [-0.3, -0.25) is 4.79 Å². The van der Waals surface area contributed by atoms with E-state index in [2.05, 4.69) is 15.9 Å². The molecule has 1 fully saturated rings. The number of carbonyl (C=O) groups is 1. The van der Waals surface area contributed by atoms with Crippen molar-refractivity contribution in [1.29, 1.82) is 0 Å². The quantitative estimate of drug-likeness (QED) is 0.733. The molecule has 128 valence electrons. The van der Waals surface area contributed by atoms with Crippen LogP contribution in [0.3, 0.4) is 0 Å². The van der Waals surface area contributed by atoms with Crippen LogP contribution in [0, 0.1) is 0 Å². The first kappa shape index (κ1) is 18.2. The summed E-state index contributed by atoms with van der Waals surface area (Å²) in [6, 6.07) is 7.50. The molecule has 1 unspecified atom stereocenters. The third kappa shape index (κ3) is 5.79. The maximum absolute atomic E-state index is 12.5. The maximum atomic E-state index is 12.5. The van der Waals surface area contributed by atoms with Gasteiger partial charge >= 0.3 is 0 Å². The van der Waals surface area contributed by atoms with Crippen LogP contribution in [0.2, 0.25) is 0 Å². The highest BCUT2D eigenvalue weighted by Crippen LogP contribution is 2.19. The fraction of sp³-hybridized carbons (Fsp3) is 0.588. The summed E-state index contributed by atoms with van der Waals surface area (Å²) in [6.45, 7) is 4.61. The van der Waals surface area contributed by atoms with Crippen molar-refractivity contribution >= 4 is 21.8 Å². The van der Waals surface area contributed by atoms with Crippen LogP contribution < -0.4 is 10.5 Å². The zero-order chi connectivity index (χ0) is 16.7. The smallest absolute Gasteiger partial charge is 0.263 e. The lowest BCUT2D eigenvalue weighted by atomic mass is 10.1. The number of hydrogen-bond donors (Lipinski definition) is 1. The number of hydrogen-bond acceptors (Lipinski definition) is 4. The second kappa shape index (κ2) is 9.25. The maximum Gasteiger partial charge on any atom is 0.263 e. The first-order chi connectivity index (χ1) is 11.1. The van der Waals surface area contributed by atoms with E-state index in [0.29, 0.717) is 18.9 Å². The Morgan fingerprint density at radius 1 is 1.35 bits per heavy atom. The molecule has 2 rings (SSSR count). The van der Waals surface area contributed by atoms with Crippen LogP contribution >= 0.6 is 15.9 Å². The molecule has 1 aromatic carbocycles. The van der Waals surface area contributed by atoms with Crippen molar-refractivity contribution in [2.24, 2.45) is 5.73 Å². The van der Waals surface area contributed by atoms with Crippen molar-refractivity contribution in [3.8, 4) is 5.75 Å². The number of amides is 1. The Balaban J connectivity index is 1.76. The summed E-state index contributed by atoms with van der Waals surface area (Å²) in [7, 11) is 0. The molecule has 1 amide bonds. The van der Waals surface area contributed by atoms with Gasteiger partial charge in [0.2, 0.25) is 0 Å². The van der Waals surface area contributed by atoms with Gasteiger partial charge in [-0.15, -0.1) is 0 Å². The Labute approximate surface area is 146 Å². The number of rotatable bonds is 7. The SMILES string of the molecule is CC(Oc1ccc(Br)cc1)C(=O)N1CCC(OCCCN)CC1. The van der Waals surface area contributed by atoms with E-state index in [4.69, 9.17) is 15.2 Å². The Hall–Kier alpha value is -1.11. The minimum absolute atomic E-state index is 0.0355. The molecule has 1 atom stereocenters. The van der Waals surface area contributed by atoms with Crippen molar-refractivity contribution < 1.29 is 14.3 Å². The van der Waals surface area contributed by atoms with Gasteiger partial charge in [0.25, 0.3) is 5.91 Å². The van der Waals surface area contributed by atoms with Crippen molar-refractivity contribution in [3.63, 3.8) is 0 Å². The van der Waals surface area contributed by atoms with Gasteiger partial charge < -0.3 is 20.1 Å². The van der Waals surface area contributed by atoms with Crippen LogP contribution in [0.5, 0.6) is 5.75 Å². The molecular weight excluding hydrogens is 360 g/mol. The molecule has 2 N–H and O–H groups in total. The minimum atomic E-state index is -0.481. The fourth-order valence-electron chi connectivity index (χ4n) is 2.60. The minimum Gasteiger partial charge on any atom is -0.481 e. The number of halogens is 1. The molecule has 0 radical (unpaired) electrons. The average molecular weight is 385 g/mol. The molecule has 1 aliphatic heterocycles. The van der Waals surface area contributed by atoms with E-state index in [1.54, 1.807) is 6.92 Å². The Bertz CT molecular complexity index is 487. The van der Waals surface area contributed by atoms with Crippen molar-refractivity contribution in [3.05, 3.63) is 28.7 Å². The summed E-state index contributed by atoms with van der Waals surface area (Å²) in [5.74, 6) is 0.738. The van der Waals surface area contributed by atoms with Gasteiger partial charge in [0.05, 0.1) is 6.10 Å². The molecule has 5 nitrogen and oxygen atoms in total. The van der Waals surface area contributed by atoms with Gasteiger partial charge in [-0.1, -0.05) is 15.9 Å². The van der Waals surface area contributed by atoms with E-state index in [9.17, 15) is 4.79 Å². The summed E-state index contributed by atoms with van der Waals surface area (Å²) < 4.78 is 12.5. The molecule has 0 bridgehead atoms. The molecule has 1 aliphatic rings. The molecular formula is C17H25BrN2O3. The molecule has 23 heavy (non-hydrogen) atoms. The highest BCUT2D eigenvalue weighted by molar-refractivity contribution is 9.10. The molecule has 6 heteroatoms. The number of likely N-dealkylation sites (tertiary alicyclic amines) is 1. The van der Waals surface area contributed by atoms with E-state index in [1.165, 1.54) is 0 Å². The van der Waals surface area contributed by atoms with Crippen molar-refractivity contribution in [1.82, 2.24) is 4.90 Å². The summed E-state index contributed by atoms with van der Waals surface area (Å²) in [6.07, 6.45) is 2.40. The van der Waals surface area contributed by atoms with Crippen LogP contribution in [0.15, 0.2) is 28.7 Å². The van der Waals surface area contributed by atoms with E-state index in [0.717, 1.165) is 36.8 Å². The Morgan fingerprint density at radius 3 is 2.61 bits per heavy atom. The summed E-state index contributed by atoms with van der Waals surface area (Å²) in [5.41, 5.74) is 5.46. The highest BCUT2D eigenvalue weighted by atomic mass is 79.9. The number of carbonyl (C=O) groups excluding carboxylic acids is 1. The third-order valence-corrected chi connectivity index (χ3v) is 4.46. The van der Waals surface area contributed by atoms with Gasteiger partial charge in [-0.05, 0) is 57.0 Å². The summed E-state index contributed by atoms with van der Waals surface area (Å²) in [4.78, 5) is 14.3. The van der Waals surface area contributed by atoms with Gasteiger partial charge in [0.15, 0.2) is 6.10 Å². The van der Waals surface area contributed by atoms with Crippen molar-refractivity contribution in [2.45, 2.75) is 38.4 Å². The predicted molar refractivity (Wildman–Crippen MR) is 93.5 cm³/mol. The average Bonchev–Trinajstić information content (AvgIpc) is 2.57.